The van der Waals surface area contributed by atoms with E-state index in [1.165, 1.54) is 36.0 Å². The summed E-state index contributed by atoms with van der Waals surface area (Å²) in [6.45, 7) is 1.08. The van der Waals surface area contributed by atoms with E-state index in [1.54, 1.807) is 5.56 Å². The van der Waals surface area contributed by atoms with Gasteiger partial charge in [-0.25, -0.2) is 0 Å². The molecule has 1 saturated carbocycles. The van der Waals surface area contributed by atoms with Gasteiger partial charge in [-0.3, -0.25) is 0 Å². The molecule has 1 unspecified atom stereocenters. The summed E-state index contributed by atoms with van der Waals surface area (Å²) >= 11 is 0. The van der Waals surface area contributed by atoms with Gasteiger partial charge in [0, 0.05) is 6.54 Å². The molecule has 0 saturated heterocycles. The fourth-order valence-electron chi connectivity index (χ4n) is 3.65. The van der Waals surface area contributed by atoms with E-state index in [2.05, 4.69) is 53.8 Å². The zero-order valence-corrected chi connectivity index (χ0v) is 11.8. The quantitative estimate of drug-likeness (QED) is 0.856. The first-order valence-electron chi connectivity index (χ1n) is 7.83. The van der Waals surface area contributed by atoms with Gasteiger partial charge in [-0.15, -0.1) is 0 Å². The molecule has 1 aliphatic carbocycles. The van der Waals surface area contributed by atoms with Crippen LogP contribution in [0, 0.1) is 0 Å². The van der Waals surface area contributed by atoms with Crippen molar-refractivity contribution in [2.75, 3.05) is 6.54 Å². The minimum absolute atomic E-state index is 0.386. The topological polar surface area (TPSA) is 12.0 Å². The summed E-state index contributed by atoms with van der Waals surface area (Å²) in [4.78, 5) is 0. The Morgan fingerprint density at radius 1 is 0.800 bits per heavy atom. The summed E-state index contributed by atoms with van der Waals surface area (Å²) in [7, 11) is 0. The molecule has 2 aliphatic rings. The normalized spacial score (nSPS) is 22.1. The lowest BCUT2D eigenvalue weighted by molar-refractivity contribution is 0.413. The molecular weight excluding hydrogens is 242 g/mol. The van der Waals surface area contributed by atoms with E-state index < -0.39 is 0 Å². The molecule has 1 heteroatoms. The van der Waals surface area contributed by atoms with Gasteiger partial charge in [-0.2, -0.15) is 0 Å². The average Bonchev–Trinajstić information content (AvgIpc) is 2.46. The van der Waals surface area contributed by atoms with Crippen molar-refractivity contribution in [1.82, 2.24) is 5.32 Å². The molecule has 102 valence electrons. The van der Waals surface area contributed by atoms with Crippen molar-refractivity contribution in [2.45, 2.75) is 37.6 Å². The zero-order chi connectivity index (χ0) is 13.4. The standard InChI is InChI=1S/C19H21N/c1-2-10-17-15(6-1)12-13-20-19(17)18-11-4-3-9-16(18)14-7-5-8-14/h1-4,6,9-11,14,19-20H,5,7-8,12-13H2. The summed E-state index contributed by atoms with van der Waals surface area (Å²) in [5.41, 5.74) is 6.07. The molecule has 0 bridgehead atoms. The Bertz CT molecular complexity index is 613. The van der Waals surface area contributed by atoms with E-state index in [-0.39, 0.29) is 0 Å². The predicted octanol–water partition coefficient (Wildman–Crippen LogP) is 4.19. The molecule has 1 N–H and O–H groups in total. The highest BCUT2D eigenvalue weighted by Crippen LogP contribution is 2.41. The molecule has 0 radical (unpaired) electrons. The molecule has 1 nitrogen and oxygen atoms in total. The number of nitrogens with one attached hydrogen (secondary N) is 1. The van der Waals surface area contributed by atoms with E-state index in [1.807, 2.05) is 0 Å². The highest BCUT2D eigenvalue weighted by atomic mass is 14.9. The van der Waals surface area contributed by atoms with Crippen molar-refractivity contribution in [3.05, 3.63) is 70.8 Å². The molecule has 0 amide bonds. The number of fused-ring (bicyclic) bond motifs is 1. The Labute approximate surface area is 121 Å². The third kappa shape index (κ3) is 1.97. The minimum Gasteiger partial charge on any atom is -0.306 e. The van der Waals surface area contributed by atoms with Crippen molar-refractivity contribution in [2.24, 2.45) is 0 Å². The number of rotatable bonds is 2. The van der Waals surface area contributed by atoms with Crippen LogP contribution in [0.3, 0.4) is 0 Å². The van der Waals surface area contributed by atoms with Crippen LogP contribution in [0.15, 0.2) is 48.5 Å². The van der Waals surface area contributed by atoms with E-state index in [0.29, 0.717) is 6.04 Å². The second-order valence-electron chi connectivity index (χ2n) is 6.09. The van der Waals surface area contributed by atoms with E-state index in [9.17, 15) is 0 Å². The van der Waals surface area contributed by atoms with Crippen LogP contribution in [0.25, 0.3) is 0 Å². The van der Waals surface area contributed by atoms with Gasteiger partial charge in [-0.1, -0.05) is 55.0 Å². The highest BCUT2D eigenvalue weighted by molar-refractivity contribution is 5.44. The van der Waals surface area contributed by atoms with Crippen LogP contribution in [0.4, 0.5) is 0 Å². The highest BCUT2D eigenvalue weighted by Gasteiger charge is 2.27. The monoisotopic (exact) mass is 263 g/mol. The van der Waals surface area contributed by atoms with Crippen LogP contribution < -0.4 is 5.32 Å². The van der Waals surface area contributed by atoms with E-state index >= 15 is 0 Å². The molecule has 2 aromatic rings. The van der Waals surface area contributed by atoms with Gasteiger partial charge in [0.25, 0.3) is 0 Å². The first-order valence-corrected chi connectivity index (χ1v) is 7.83. The Balaban J connectivity index is 1.78. The molecule has 1 heterocycles. The number of hydrogen-bond acceptors (Lipinski definition) is 1. The van der Waals surface area contributed by atoms with Crippen molar-refractivity contribution in [3.63, 3.8) is 0 Å². The van der Waals surface area contributed by atoms with Crippen molar-refractivity contribution < 1.29 is 0 Å². The van der Waals surface area contributed by atoms with Crippen LogP contribution >= 0.6 is 0 Å². The van der Waals surface area contributed by atoms with Crippen LogP contribution in [0.5, 0.6) is 0 Å². The predicted molar refractivity (Wildman–Crippen MR) is 83.0 cm³/mol. The Kier molecular flexibility index (Phi) is 3.08. The lowest BCUT2D eigenvalue weighted by Crippen LogP contribution is -2.31. The smallest absolute Gasteiger partial charge is 0.0582 e. The summed E-state index contributed by atoms with van der Waals surface area (Å²) in [5.74, 6) is 0.794. The molecule has 0 spiro atoms. The zero-order valence-electron chi connectivity index (χ0n) is 11.8. The third-order valence-electron chi connectivity index (χ3n) is 4.96. The largest absolute Gasteiger partial charge is 0.306 e. The van der Waals surface area contributed by atoms with Gasteiger partial charge < -0.3 is 5.32 Å². The maximum atomic E-state index is 3.74. The Morgan fingerprint density at radius 2 is 1.50 bits per heavy atom. The molecule has 4 rings (SSSR count). The second-order valence-corrected chi connectivity index (χ2v) is 6.09. The second kappa shape index (κ2) is 5.06. The fraction of sp³-hybridized carbons (Fsp3) is 0.368. The van der Waals surface area contributed by atoms with Crippen molar-refractivity contribution in [3.8, 4) is 0 Å². The SMILES string of the molecule is c1ccc2c(c1)CCNC2c1ccccc1C1CCC1. The van der Waals surface area contributed by atoms with Gasteiger partial charge in [0.2, 0.25) is 0 Å². The van der Waals surface area contributed by atoms with Gasteiger partial charge in [0.1, 0.15) is 0 Å². The first kappa shape index (κ1) is 12.2. The van der Waals surface area contributed by atoms with E-state index in [0.717, 1.165) is 18.9 Å². The van der Waals surface area contributed by atoms with Gasteiger partial charge >= 0.3 is 0 Å². The van der Waals surface area contributed by atoms with Crippen LogP contribution in [0.1, 0.15) is 53.5 Å². The van der Waals surface area contributed by atoms with Crippen LogP contribution in [-0.4, -0.2) is 6.54 Å². The minimum atomic E-state index is 0.386. The maximum absolute atomic E-state index is 3.74. The summed E-state index contributed by atoms with van der Waals surface area (Å²) < 4.78 is 0. The lowest BCUT2D eigenvalue weighted by Gasteiger charge is -2.33. The molecule has 1 atom stereocenters. The van der Waals surface area contributed by atoms with Gasteiger partial charge in [-0.05, 0) is 47.4 Å². The third-order valence-corrected chi connectivity index (χ3v) is 4.96. The molecule has 2 aromatic carbocycles. The first-order chi connectivity index (χ1) is 9.93. The Morgan fingerprint density at radius 3 is 2.25 bits per heavy atom. The van der Waals surface area contributed by atoms with Gasteiger partial charge in [0.15, 0.2) is 0 Å². The van der Waals surface area contributed by atoms with Crippen molar-refractivity contribution >= 4 is 0 Å². The van der Waals surface area contributed by atoms with Crippen molar-refractivity contribution in [1.29, 1.82) is 0 Å². The molecular formula is C19H21N. The average molecular weight is 263 g/mol. The van der Waals surface area contributed by atoms with Crippen LogP contribution in [0.2, 0.25) is 0 Å². The lowest BCUT2D eigenvalue weighted by atomic mass is 9.76. The molecule has 1 aliphatic heterocycles. The fourth-order valence-corrected chi connectivity index (χ4v) is 3.65. The molecule has 20 heavy (non-hydrogen) atoms. The summed E-state index contributed by atoms with van der Waals surface area (Å²) in [6, 6.07) is 18.4. The molecule has 1 fully saturated rings. The summed E-state index contributed by atoms with van der Waals surface area (Å²) in [6.07, 6.45) is 5.28. The van der Waals surface area contributed by atoms with Gasteiger partial charge in [0.05, 0.1) is 6.04 Å². The Hall–Kier alpha value is -1.60. The number of hydrogen-bond donors (Lipinski definition) is 1. The number of benzene rings is 2. The van der Waals surface area contributed by atoms with Crippen LogP contribution in [-0.2, 0) is 6.42 Å². The molecule has 0 aromatic heterocycles. The maximum Gasteiger partial charge on any atom is 0.0582 e. The summed E-state index contributed by atoms with van der Waals surface area (Å²) in [5, 5.41) is 3.74. The van der Waals surface area contributed by atoms with E-state index in [4.69, 9.17) is 0 Å².